The highest BCUT2D eigenvalue weighted by Crippen LogP contribution is 2.24. The van der Waals surface area contributed by atoms with E-state index in [4.69, 9.17) is 4.74 Å². The average molecular weight is 560 g/mol. The average Bonchev–Trinajstić information content (AvgIpc) is 3.20. The third kappa shape index (κ3) is 7.95. The SMILES string of the molecule is CCNC(=NCC(C)Oc1cccc(F)c1)NCCC(=O)N1CCc2sccc2C1.I. The van der Waals surface area contributed by atoms with E-state index >= 15 is 0 Å². The fourth-order valence-electron chi connectivity index (χ4n) is 3.28. The maximum atomic E-state index is 13.3. The molecule has 3 rings (SSSR count). The minimum absolute atomic E-state index is 0. The van der Waals surface area contributed by atoms with E-state index in [1.165, 1.54) is 22.6 Å². The second-order valence-electron chi connectivity index (χ2n) is 7.22. The fraction of sp³-hybridized carbons (Fsp3) is 0.455. The molecule has 6 nitrogen and oxygen atoms in total. The van der Waals surface area contributed by atoms with Crippen molar-refractivity contribution >= 4 is 47.2 Å². The first-order valence-electron chi connectivity index (χ1n) is 10.3. The normalized spacial score (nSPS) is 14.3. The summed E-state index contributed by atoms with van der Waals surface area (Å²) in [6.45, 7) is 7.00. The number of hydrogen-bond acceptors (Lipinski definition) is 4. The number of carbonyl (C=O) groups excluding carboxylic acids is 1. The Bertz CT molecular complexity index is 877. The summed E-state index contributed by atoms with van der Waals surface area (Å²) in [4.78, 5) is 20.4. The van der Waals surface area contributed by atoms with Gasteiger partial charge in [-0.2, -0.15) is 0 Å². The predicted molar refractivity (Wildman–Crippen MR) is 134 cm³/mol. The molecule has 1 aliphatic rings. The van der Waals surface area contributed by atoms with E-state index < -0.39 is 0 Å². The van der Waals surface area contributed by atoms with Crippen molar-refractivity contribution in [1.29, 1.82) is 0 Å². The molecule has 1 atom stereocenters. The van der Waals surface area contributed by atoms with Crippen LogP contribution >= 0.6 is 35.3 Å². The predicted octanol–water partition coefficient (Wildman–Crippen LogP) is 3.80. The molecule has 1 aromatic heterocycles. The lowest BCUT2D eigenvalue weighted by Crippen LogP contribution is -2.41. The molecule has 0 spiro atoms. The number of guanidine groups is 1. The lowest BCUT2D eigenvalue weighted by molar-refractivity contribution is -0.131. The number of fused-ring (bicyclic) bond motifs is 1. The maximum Gasteiger partial charge on any atom is 0.224 e. The van der Waals surface area contributed by atoms with Crippen LogP contribution in [-0.4, -0.2) is 49.0 Å². The van der Waals surface area contributed by atoms with Gasteiger partial charge in [0.2, 0.25) is 5.91 Å². The number of ether oxygens (including phenoxy) is 1. The molecule has 2 N–H and O–H groups in total. The van der Waals surface area contributed by atoms with Gasteiger partial charge in [0.15, 0.2) is 5.96 Å². The van der Waals surface area contributed by atoms with Crippen molar-refractivity contribution in [2.24, 2.45) is 4.99 Å². The van der Waals surface area contributed by atoms with Crippen LogP contribution < -0.4 is 15.4 Å². The Morgan fingerprint density at radius 1 is 1.35 bits per heavy atom. The second kappa shape index (κ2) is 12.8. The summed E-state index contributed by atoms with van der Waals surface area (Å²) in [6, 6.07) is 8.19. The molecule has 9 heteroatoms. The topological polar surface area (TPSA) is 66.0 Å². The number of hydrogen-bond donors (Lipinski definition) is 2. The lowest BCUT2D eigenvalue weighted by atomic mass is 10.1. The standard InChI is InChI=1S/C22H29FN4O2S.HI/c1-3-24-22(26-14-16(2)29-19-6-4-5-18(23)13-19)25-10-7-21(28)27-11-8-20-17(15-27)9-12-30-20;/h4-6,9,12-13,16H,3,7-8,10-11,14-15H2,1-2H3,(H2,24,25,26);1H. The van der Waals surface area contributed by atoms with Gasteiger partial charge in [-0.3, -0.25) is 4.79 Å². The van der Waals surface area contributed by atoms with Gasteiger partial charge in [-0.05, 0) is 49.4 Å². The number of benzene rings is 1. The van der Waals surface area contributed by atoms with Gasteiger partial charge in [-0.25, -0.2) is 9.38 Å². The van der Waals surface area contributed by atoms with Gasteiger partial charge in [0, 0.05) is 43.5 Å². The molecule has 2 aromatic rings. The molecule has 1 amide bonds. The monoisotopic (exact) mass is 560 g/mol. The van der Waals surface area contributed by atoms with Crippen molar-refractivity contribution in [2.45, 2.75) is 39.3 Å². The summed E-state index contributed by atoms with van der Waals surface area (Å²) in [7, 11) is 0. The van der Waals surface area contributed by atoms with Crippen LogP contribution in [0.15, 0.2) is 40.7 Å². The highest BCUT2D eigenvalue weighted by atomic mass is 127. The molecule has 31 heavy (non-hydrogen) atoms. The van der Waals surface area contributed by atoms with Gasteiger partial charge in [-0.1, -0.05) is 6.07 Å². The number of nitrogens with one attached hydrogen (secondary N) is 2. The van der Waals surface area contributed by atoms with Gasteiger partial charge in [0.1, 0.15) is 17.7 Å². The van der Waals surface area contributed by atoms with Crippen LogP contribution in [0.5, 0.6) is 5.75 Å². The van der Waals surface area contributed by atoms with E-state index in [-0.39, 0.29) is 41.8 Å². The molecule has 1 aliphatic heterocycles. The van der Waals surface area contributed by atoms with Crippen LogP contribution in [-0.2, 0) is 17.8 Å². The first kappa shape index (κ1) is 25.4. The largest absolute Gasteiger partial charge is 0.489 e. The highest BCUT2D eigenvalue weighted by Gasteiger charge is 2.21. The minimum atomic E-state index is -0.327. The Labute approximate surface area is 204 Å². The smallest absolute Gasteiger partial charge is 0.224 e. The molecule has 0 radical (unpaired) electrons. The van der Waals surface area contributed by atoms with Crippen molar-refractivity contribution in [2.75, 3.05) is 26.2 Å². The van der Waals surface area contributed by atoms with Crippen molar-refractivity contribution in [3.8, 4) is 5.75 Å². The summed E-state index contributed by atoms with van der Waals surface area (Å²) in [5.74, 6) is 0.945. The van der Waals surface area contributed by atoms with Crippen LogP contribution in [0, 0.1) is 5.82 Å². The molecule has 0 fully saturated rings. The van der Waals surface area contributed by atoms with E-state index in [9.17, 15) is 9.18 Å². The van der Waals surface area contributed by atoms with Crippen molar-refractivity contribution in [3.63, 3.8) is 0 Å². The minimum Gasteiger partial charge on any atom is -0.489 e. The zero-order chi connectivity index (χ0) is 21.3. The van der Waals surface area contributed by atoms with E-state index in [2.05, 4.69) is 27.1 Å². The van der Waals surface area contributed by atoms with Gasteiger partial charge in [-0.15, -0.1) is 35.3 Å². The summed E-state index contributed by atoms with van der Waals surface area (Å²) in [5.41, 5.74) is 1.27. The van der Waals surface area contributed by atoms with Crippen LogP contribution in [0.4, 0.5) is 4.39 Å². The highest BCUT2D eigenvalue weighted by molar-refractivity contribution is 14.0. The number of rotatable bonds is 8. The molecule has 1 aromatic carbocycles. The van der Waals surface area contributed by atoms with Crippen LogP contribution in [0.2, 0.25) is 0 Å². The number of nitrogens with zero attached hydrogens (tertiary/aromatic N) is 2. The molecule has 2 heterocycles. The number of aliphatic imine (C=N–C) groups is 1. The van der Waals surface area contributed by atoms with Gasteiger partial charge in [0.05, 0.1) is 6.54 Å². The Morgan fingerprint density at radius 2 is 2.19 bits per heavy atom. The third-order valence-electron chi connectivity index (χ3n) is 4.78. The van der Waals surface area contributed by atoms with Crippen LogP contribution in [0.1, 0.15) is 30.7 Å². The lowest BCUT2D eigenvalue weighted by Gasteiger charge is -2.27. The van der Waals surface area contributed by atoms with E-state index in [0.717, 1.165) is 13.0 Å². The first-order valence-corrected chi connectivity index (χ1v) is 11.2. The summed E-state index contributed by atoms with van der Waals surface area (Å²) >= 11 is 1.77. The van der Waals surface area contributed by atoms with E-state index in [0.29, 0.717) is 44.3 Å². The Kier molecular flexibility index (Phi) is 10.5. The third-order valence-corrected chi connectivity index (χ3v) is 5.80. The summed E-state index contributed by atoms with van der Waals surface area (Å²) < 4.78 is 19.0. The molecular formula is C22H30FIN4O2S. The molecular weight excluding hydrogens is 530 g/mol. The number of carbonyl (C=O) groups is 1. The van der Waals surface area contributed by atoms with Crippen molar-refractivity contribution in [3.05, 3.63) is 52.0 Å². The molecule has 1 unspecified atom stereocenters. The fourth-order valence-corrected chi connectivity index (χ4v) is 4.17. The zero-order valence-electron chi connectivity index (χ0n) is 17.9. The Morgan fingerprint density at radius 3 is 2.97 bits per heavy atom. The van der Waals surface area contributed by atoms with Crippen LogP contribution in [0.25, 0.3) is 0 Å². The number of amides is 1. The first-order chi connectivity index (χ1) is 14.5. The molecule has 170 valence electrons. The van der Waals surface area contributed by atoms with Crippen molar-refractivity contribution in [1.82, 2.24) is 15.5 Å². The Hall–Kier alpha value is -1.88. The van der Waals surface area contributed by atoms with Crippen LogP contribution in [0.3, 0.4) is 0 Å². The quantitative estimate of drug-likeness (QED) is 0.293. The van der Waals surface area contributed by atoms with E-state index in [1.54, 1.807) is 23.5 Å². The van der Waals surface area contributed by atoms with Gasteiger partial charge < -0.3 is 20.3 Å². The molecule has 0 saturated carbocycles. The van der Waals surface area contributed by atoms with Gasteiger partial charge in [0.25, 0.3) is 0 Å². The summed E-state index contributed by atoms with van der Waals surface area (Å²) in [5, 5.41) is 8.48. The molecule has 0 aliphatic carbocycles. The zero-order valence-corrected chi connectivity index (χ0v) is 21.0. The second-order valence-corrected chi connectivity index (χ2v) is 8.22. The summed E-state index contributed by atoms with van der Waals surface area (Å²) in [6.07, 6.45) is 1.15. The number of halogens is 2. The maximum absolute atomic E-state index is 13.3. The molecule has 0 bridgehead atoms. The van der Waals surface area contributed by atoms with Gasteiger partial charge >= 0.3 is 0 Å². The molecule has 0 saturated heterocycles. The number of thiophene rings is 1. The van der Waals surface area contributed by atoms with E-state index in [1.807, 2.05) is 18.7 Å². The Balaban J connectivity index is 0.00000341. The van der Waals surface area contributed by atoms with Crippen molar-refractivity contribution < 1.29 is 13.9 Å².